The Morgan fingerprint density at radius 3 is 2.46 bits per heavy atom. The quantitative estimate of drug-likeness (QED) is 0.727. The maximum Gasteiger partial charge on any atom is 0.107 e. The van der Waals surface area contributed by atoms with Gasteiger partial charge in [-0.25, -0.2) is 13.7 Å². The molecule has 1 fully saturated rings. The van der Waals surface area contributed by atoms with Crippen molar-refractivity contribution in [3.05, 3.63) is 0 Å². The van der Waals surface area contributed by atoms with E-state index in [1.165, 1.54) is 0 Å². The van der Waals surface area contributed by atoms with E-state index in [-0.39, 0.29) is 11.3 Å². The molecule has 1 rings (SSSR count). The first-order valence-electron chi connectivity index (χ1n) is 4.65. The molecule has 0 radical (unpaired) electrons. The van der Waals surface area contributed by atoms with Gasteiger partial charge >= 0.3 is 0 Å². The summed E-state index contributed by atoms with van der Waals surface area (Å²) < 4.78 is 27.4. The first kappa shape index (κ1) is 10.9. The predicted octanol–water partition coefficient (Wildman–Crippen LogP) is 1.13. The minimum atomic E-state index is -2.60. The molecule has 5 heteroatoms. The SMILES string of the molecule is CC(C)S(=N)(=O)NC1CCOCC1. The summed E-state index contributed by atoms with van der Waals surface area (Å²) in [7, 11) is -2.60. The van der Waals surface area contributed by atoms with E-state index in [4.69, 9.17) is 9.52 Å². The van der Waals surface area contributed by atoms with Crippen LogP contribution >= 0.6 is 0 Å². The summed E-state index contributed by atoms with van der Waals surface area (Å²) in [5.41, 5.74) is 0. The second kappa shape index (κ2) is 4.39. The largest absolute Gasteiger partial charge is 0.381 e. The van der Waals surface area contributed by atoms with E-state index in [1.54, 1.807) is 0 Å². The van der Waals surface area contributed by atoms with Crippen molar-refractivity contribution in [1.82, 2.24) is 4.72 Å². The van der Waals surface area contributed by atoms with E-state index in [9.17, 15) is 4.21 Å². The molecule has 1 unspecified atom stereocenters. The van der Waals surface area contributed by atoms with Crippen molar-refractivity contribution in [2.75, 3.05) is 13.2 Å². The van der Waals surface area contributed by atoms with Crippen molar-refractivity contribution in [1.29, 1.82) is 4.78 Å². The lowest BCUT2D eigenvalue weighted by Crippen LogP contribution is -2.41. The topological polar surface area (TPSA) is 62.2 Å². The van der Waals surface area contributed by atoms with Gasteiger partial charge in [-0.3, -0.25) is 0 Å². The fourth-order valence-corrected chi connectivity index (χ4v) is 2.20. The molecule has 1 aliphatic heterocycles. The third kappa shape index (κ3) is 3.25. The van der Waals surface area contributed by atoms with Crippen molar-refractivity contribution in [2.45, 2.75) is 38.0 Å². The van der Waals surface area contributed by atoms with Crippen LogP contribution in [-0.2, 0) is 14.7 Å². The zero-order chi connectivity index (χ0) is 9.90. The maximum absolute atomic E-state index is 11.7. The molecule has 1 atom stereocenters. The average molecular weight is 206 g/mol. The normalized spacial score (nSPS) is 24.5. The lowest BCUT2D eigenvalue weighted by atomic mass is 10.1. The summed E-state index contributed by atoms with van der Waals surface area (Å²) in [6.07, 6.45) is 1.73. The molecule has 0 aromatic carbocycles. The highest BCUT2D eigenvalue weighted by Gasteiger charge is 2.19. The lowest BCUT2D eigenvalue weighted by Gasteiger charge is -2.25. The molecule has 13 heavy (non-hydrogen) atoms. The monoisotopic (exact) mass is 206 g/mol. The smallest absolute Gasteiger partial charge is 0.107 e. The molecule has 0 spiro atoms. The second-order valence-electron chi connectivity index (χ2n) is 3.65. The van der Waals surface area contributed by atoms with Gasteiger partial charge in [0.1, 0.15) is 9.92 Å². The van der Waals surface area contributed by atoms with Crippen LogP contribution in [0.25, 0.3) is 0 Å². The summed E-state index contributed by atoms with van der Waals surface area (Å²) in [5, 5.41) is -0.129. The molecule has 1 heterocycles. The molecule has 0 aromatic rings. The molecule has 0 bridgehead atoms. The minimum absolute atomic E-state index is 0.129. The Kier molecular flexibility index (Phi) is 3.70. The van der Waals surface area contributed by atoms with E-state index < -0.39 is 9.92 Å². The fraction of sp³-hybridized carbons (Fsp3) is 1.00. The molecule has 1 aliphatic rings. The van der Waals surface area contributed by atoms with E-state index in [2.05, 4.69) is 4.72 Å². The van der Waals surface area contributed by atoms with E-state index in [0.29, 0.717) is 13.2 Å². The number of nitrogens with one attached hydrogen (secondary N) is 2. The lowest BCUT2D eigenvalue weighted by molar-refractivity contribution is 0.0833. The first-order chi connectivity index (χ1) is 6.02. The van der Waals surface area contributed by atoms with E-state index in [1.807, 2.05) is 13.8 Å². The summed E-state index contributed by atoms with van der Waals surface area (Å²) >= 11 is 0. The van der Waals surface area contributed by atoms with Crippen LogP contribution in [0.5, 0.6) is 0 Å². The number of ether oxygens (including phenoxy) is 1. The number of rotatable bonds is 3. The molecule has 0 saturated carbocycles. The summed E-state index contributed by atoms with van der Waals surface area (Å²) in [6, 6.07) is 0.196. The predicted molar refractivity (Wildman–Crippen MR) is 53.0 cm³/mol. The van der Waals surface area contributed by atoms with Gasteiger partial charge in [0.25, 0.3) is 0 Å². The zero-order valence-electron chi connectivity index (χ0n) is 8.21. The highest BCUT2D eigenvalue weighted by molar-refractivity contribution is 7.91. The summed E-state index contributed by atoms with van der Waals surface area (Å²) in [6.45, 7) is 5.04. The van der Waals surface area contributed by atoms with Crippen molar-refractivity contribution in [3.8, 4) is 0 Å². The van der Waals surface area contributed by atoms with Gasteiger partial charge in [0.05, 0.1) is 5.25 Å². The van der Waals surface area contributed by atoms with E-state index in [0.717, 1.165) is 12.8 Å². The Hall–Kier alpha value is -0.130. The van der Waals surface area contributed by atoms with Crippen LogP contribution in [0.15, 0.2) is 0 Å². The highest BCUT2D eigenvalue weighted by Crippen LogP contribution is 2.09. The van der Waals surface area contributed by atoms with Crippen LogP contribution in [0.2, 0.25) is 0 Å². The molecule has 0 aliphatic carbocycles. The van der Waals surface area contributed by atoms with Crippen molar-refractivity contribution in [3.63, 3.8) is 0 Å². The van der Waals surface area contributed by atoms with Gasteiger partial charge in [0.15, 0.2) is 0 Å². The Labute approximate surface area is 80.2 Å². The molecule has 78 valence electrons. The van der Waals surface area contributed by atoms with Gasteiger partial charge in [-0.15, -0.1) is 0 Å². The third-order valence-electron chi connectivity index (χ3n) is 2.23. The molecular weight excluding hydrogens is 188 g/mol. The molecule has 4 nitrogen and oxygen atoms in total. The number of hydrogen-bond donors (Lipinski definition) is 2. The first-order valence-corrected chi connectivity index (χ1v) is 6.27. The van der Waals surface area contributed by atoms with Crippen molar-refractivity contribution in [2.24, 2.45) is 0 Å². The zero-order valence-corrected chi connectivity index (χ0v) is 9.02. The van der Waals surface area contributed by atoms with Gasteiger partial charge < -0.3 is 4.74 Å². The second-order valence-corrected chi connectivity index (χ2v) is 6.03. The van der Waals surface area contributed by atoms with Crippen LogP contribution in [0.3, 0.4) is 0 Å². The Morgan fingerprint density at radius 2 is 2.00 bits per heavy atom. The van der Waals surface area contributed by atoms with E-state index >= 15 is 0 Å². The van der Waals surface area contributed by atoms with Crippen LogP contribution in [0.4, 0.5) is 0 Å². The number of hydrogen-bond acceptors (Lipinski definition) is 3. The minimum Gasteiger partial charge on any atom is -0.381 e. The molecule has 0 amide bonds. The van der Waals surface area contributed by atoms with Gasteiger partial charge in [-0.2, -0.15) is 0 Å². The van der Waals surface area contributed by atoms with Crippen LogP contribution in [0.1, 0.15) is 26.7 Å². The Balaban J connectivity index is 2.47. The van der Waals surface area contributed by atoms with Crippen molar-refractivity contribution >= 4 is 9.92 Å². The summed E-state index contributed by atoms with van der Waals surface area (Å²) in [4.78, 5) is 0. The van der Waals surface area contributed by atoms with Crippen molar-refractivity contribution < 1.29 is 8.95 Å². The average Bonchev–Trinajstić information content (AvgIpc) is 2.05. The molecular formula is C8H18N2O2S. The standard InChI is InChI=1S/C8H18N2O2S/c1-7(2)13(9,11)10-8-3-5-12-6-4-8/h7-8H,3-6H2,1-2H3,(H2,9,10,11). The van der Waals surface area contributed by atoms with Crippen LogP contribution in [0, 0.1) is 4.78 Å². The molecule has 0 aromatic heterocycles. The van der Waals surface area contributed by atoms with Crippen LogP contribution < -0.4 is 4.72 Å². The maximum atomic E-state index is 11.7. The molecule has 1 saturated heterocycles. The third-order valence-corrected chi connectivity index (χ3v) is 4.24. The summed E-state index contributed by atoms with van der Waals surface area (Å²) in [5.74, 6) is 0. The Bertz CT molecular complexity index is 243. The van der Waals surface area contributed by atoms with Gasteiger partial charge in [0, 0.05) is 19.3 Å². The highest BCUT2D eigenvalue weighted by atomic mass is 32.2. The fourth-order valence-electron chi connectivity index (χ4n) is 1.20. The van der Waals surface area contributed by atoms with Crippen LogP contribution in [-0.4, -0.2) is 28.7 Å². The molecule has 2 N–H and O–H groups in total. The van der Waals surface area contributed by atoms with Gasteiger partial charge in [-0.1, -0.05) is 0 Å². The van der Waals surface area contributed by atoms with Gasteiger partial charge in [0.2, 0.25) is 0 Å². The Morgan fingerprint density at radius 1 is 1.46 bits per heavy atom. The van der Waals surface area contributed by atoms with Gasteiger partial charge in [-0.05, 0) is 26.7 Å².